The van der Waals surface area contributed by atoms with Crippen LogP contribution >= 0.6 is 0 Å². The summed E-state index contributed by atoms with van der Waals surface area (Å²) in [4.78, 5) is 1.96. The molecule has 1 heterocycles. The molecule has 3 rings (SSSR count). The first kappa shape index (κ1) is 27.2. The Kier molecular flexibility index (Phi) is 10.1. The summed E-state index contributed by atoms with van der Waals surface area (Å²) in [5.41, 5.74) is 10.8. The van der Waals surface area contributed by atoms with Crippen molar-refractivity contribution in [2.24, 2.45) is 0 Å². The van der Waals surface area contributed by atoms with Gasteiger partial charge in [-0.05, 0) is 71.4 Å². The van der Waals surface area contributed by atoms with E-state index in [-0.39, 0.29) is 0 Å². The van der Waals surface area contributed by atoms with Crippen molar-refractivity contribution in [2.45, 2.75) is 34.6 Å². The van der Waals surface area contributed by atoms with Crippen molar-refractivity contribution >= 4 is 5.57 Å². The van der Waals surface area contributed by atoms with E-state index < -0.39 is 0 Å². The maximum atomic E-state index is 5.49. The lowest BCUT2D eigenvalue weighted by molar-refractivity contribution is 0.537. The zero-order valence-corrected chi connectivity index (χ0v) is 21.9. The summed E-state index contributed by atoms with van der Waals surface area (Å²) in [5, 5.41) is 0. The summed E-state index contributed by atoms with van der Waals surface area (Å²) in [7, 11) is 0. The standard InChI is InChI=1S/C32H31N.C2H6/c1-8-20-33-22-28(19-17-27(33)7)18-16-26(6)31(23(2)3)32(29-12-10-9-11-13-29)30-21-24(4)14-15-25(30)5;1-2/h1,9-19,21-22H,2,6-7,20H2,3-5H3;1-2H3/b18-16+,32-31+;. The van der Waals surface area contributed by atoms with Crippen LogP contribution in [-0.4, -0.2) is 11.4 Å². The van der Waals surface area contributed by atoms with Gasteiger partial charge < -0.3 is 4.90 Å². The van der Waals surface area contributed by atoms with Crippen molar-refractivity contribution in [1.82, 2.24) is 4.90 Å². The Morgan fingerprint density at radius 2 is 1.71 bits per heavy atom. The van der Waals surface area contributed by atoms with E-state index in [1.54, 1.807) is 0 Å². The normalized spacial score (nSPS) is 13.4. The van der Waals surface area contributed by atoms with Gasteiger partial charge in [-0.3, -0.25) is 0 Å². The van der Waals surface area contributed by atoms with Gasteiger partial charge in [0.25, 0.3) is 0 Å². The van der Waals surface area contributed by atoms with Gasteiger partial charge in [-0.15, -0.1) is 6.42 Å². The van der Waals surface area contributed by atoms with Gasteiger partial charge in [0.15, 0.2) is 0 Å². The minimum atomic E-state index is 0.489. The average molecular weight is 460 g/mol. The third-order valence-corrected chi connectivity index (χ3v) is 5.60. The monoisotopic (exact) mass is 459 g/mol. The van der Waals surface area contributed by atoms with Gasteiger partial charge in [0.1, 0.15) is 0 Å². The van der Waals surface area contributed by atoms with Crippen LogP contribution < -0.4 is 0 Å². The molecule has 0 spiro atoms. The topological polar surface area (TPSA) is 3.24 Å². The third kappa shape index (κ3) is 6.98. The van der Waals surface area contributed by atoms with E-state index in [2.05, 4.69) is 94.1 Å². The molecule has 0 fully saturated rings. The van der Waals surface area contributed by atoms with Gasteiger partial charge in [0.05, 0.1) is 6.54 Å². The van der Waals surface area contributed by atoms with Gasteiger partial charge in [-0.2, -0.15) is 0 Å². The highest BCUT2D eigenvalue weighted by atomic mass is 15.1. The van der Waals surface area contributed by atoms with E-state index in [1.165, 1.54) is 16.7 Å². The molecular formula is C34H37N. The first-order valence-corrected chi connectivity index (χ1v) is 12.0. The minimum absolute atomic E-state index is 0.489. The van der Waals surface area contributed by atoms with Gasteiger partial charge >= 0.3 is 0 Å². The Hall–Kier alpha value is -4.02. The molecule has 0 saturated heterocycles. The predicted octanol–water partition coefficient (Wildman–Crippen LogP) is 8.72. The van der Waals surface area contributed by atoms with Crippen LogP contribution in [0.25, 0.3) is 5.57 Å². The molecule has 0 unspecified atom stereocenters. The zero-order valence-electron chi connectivity index (χ0n) is 21.9. The van der Waals surface area contributed by atoms with E-state index >= 15 is 0 Å². The molecule has 0 N–H and O–H groups in total. The second-order valence-corrected chi connectivity index (χ2v) is 8.36. The largest absolute Gasteiger partial charge is 0.336 e. The number of terminal acetylenes is 1. The lowest BCUT2D eigenvalue weighted by Crippen LogP contribution is -2.17. The average Bonchev–Trinajstić information content (AvgIpc) is 2.86. The summed E-state index contributed by atoms with van der Waals surface area (Å²) in [6.45, 7) is 23.6. The summed E-state index contributed by atoms with van der Waals surface area (Å²) >= 11 is 0. The fourth-order valence-electron chi connectivity index (χ4n) is 3.91. The first-order chi connectivity index (χ1) is 16.8. The first-order valence-electron chi connectivity index (χ1n) is 12.0. The fraction of sp³-hybridized carbons (Fsp3) is 0.176. The molecular weight excluding hydrogens is 422 g/mol. The highest BCUT2D eigenvalue weighted by Gasteiger charge is 2.16. The number of allylic oxidation sites excluding steroid dienone is 8. The van der Waals surface area contributed by atoms with Crippen molar-refractivity contribution in [3.05, 3.63) is 149 Å². The molecule has 0 atom stereocenters. The van der Waals surface area contributed by atoms with Crippen LogP contribution in [0.4, 0.5) is 0 Å². The van der Waals surface area contributed by atoms with E-state index in [9.17, 15) is 0 Å². The summed E-state index contributed by atoms with van der Waals surface area (Å²) in [5.74, 6) is 2.67. The van der Waals surface area contributed by atoms with Crippen LogP contribution in [0.3, 0.4) is 0 Å². The summed E-state index contributed by atoms with van der Waals surface area (Å²) in [6, 6.07) is 17.0. The lowest BCUT2D eigenvalue weighted by Gasteiger charge is -2.22. The molecule has 0 aliphatic carbocycles. The molecule has 1 nitrogen and oxygen atoms in total. The maximum absolute atomic E-state index is 5.49. The molecule has 1 heteroatoms. The quantitative estimate of drug-likeness (QED) is 0.295. The van der Waals surface area contributed by atoms with Crippen molar-refractivity contribution < 1.29 is 0 Å². The Bertz CT molecular complexity index is 1250. The maximum Gasteiger partial charge on any atom is 0.0834 e. The third-order valence-electron chi connectivity index (χ3n) is 5.60. The van der Waals surface area contributed by atoms with Crippen LogP contribution in [0.5, 0.6) is 0 Å². The van der Waals surface area contributed by atoms with Crippen LogP contribution in [-0.2, 0) is 0 Å². The predicted molar refractivity (Wildman–Crippen MR) is 155 cm³/mol. The van der Waals surface area contributed by atoms with E-state index in [0.717, 1.165) is 39.1 Å². The molecule has 0 aromatic heterocycles. The lowest BCUT2D eigenvalue weighted by atomic mass is 9.84. The summed E-state index contributed by atoms with van der Waals surface area (Å²) in [6.07, 6.45) is 15.6. The number of nitrogens with zero attached hydrogens (tertiary/aromatic N) is 1. The number of hydrogen-bond acceptors (Lipinski definition) is 1. The molecule has 2 aromatic rings. The number of rotatable bonds is 7. The van der Waals surface area contributed by atoms with Crippen LogP contribution in [0.2, 0.25) is 0 Å². The highest BCUT2D eigenvalue weighted by Crippen LogP contribution is 2.36. The van der Waals surface area contributed by atoms with Crippen molar-refractivity contribution in [3.63, 3.8) is 0 Å². The van der Waals surface area contributed by atoms with Gasteiger partial charge in [0, 0.05) is 11.9 Å². The SMILES string of the molecule is C#CCN1C=C(/C=C/C(=C)/C(C(=C)C)=C(\c2ccccc2)c2cc(C)ccc2C)C=CC1=C.CC. The van der Waals surface area contributed by atoms with Crippen molar-refractivity contribution in [3.8, 4) is 12.3 Å². The molecule has 1 aliphatic rings. The van der Waals surface area contributed by atoms with E-state index in [4.69, 9.17) is 6.42 Å². The molecule has 0 amide bonds. The summed E-state index contributed by atoms with van der Waals surface area (Å²) < 4.78 is 0. The number of aryl methyl sites for hydroxylation is 2. The van der Waals surface area contributed by atoms with Crippen LogP contribution in [0.1, 0.15) is 43.0 Å². The number of benzene rings is 2. The Morgan fingerprint density at radius 3 is 2.34 bits per heavy atom. The molecule has 1 aliphatic heterocycles. The van der Waals surface area contributed by atoms with Crippen molar-refractivity contribution in [2.75, 3.05) is 6.54 Å². The Labute approximate surface area is 212 Å². The Morgan fingerprint density at radius 1 is 1.03 bits per heavy atom. The second kappa shape index (κ2) is 13.0. The fourth-order valence-corrected chi connectivity index (χ4v) is 3.91. The van der Waals surface area contributed by atoms with Gasteiger partial charge in [-0.25, -0.2) is 0 Å². The molecule has 0 bridgehead atoms. The molecule has 35 heavy (non-hydrogen) atoms. The second-order valence-electron chi connectivity index (χ2n) is 8.36. The Balaban J connectivity index is 0.00000210. The molecule has 2 aromatic carbocycles. The highest BCUT2D eigenvalue weighted by molar-refractivity contribution is 5.89. The van der Waals surface area contributed by atoms with Crippen LogP contribution in [0.15, 0.2) is 127 Å². The van der Waals surface area contributed by atoms with Gasteiger partial charge in [0.2, 0.25) is 0 Å². The van der Waals surface area contributed by atoms with Crippen LogP contribution in [0, 0.1) is 26.2 Å². The van der Waals surface area contributed by atoms with Crippen molar-refractivity contribution in [1.29, 1.82) is 0 Å². The molecule has 0 radical (unpaired) electrons. The van der Waals surface area contributed by atoms with E-state index in [1.807, 2.05) is 50.1 Å². The minimum Gasteiger partial charge on any atom is -0.336 e. The molecule has 0 saturated carbocycles. The number of hydrogen-bond donors (Lipinski definition) is 0. The van der Waals surface area contributed by atoms with E-state index in [0.29, 0.717) is 6.54 Å². The van der Waals surface area contributed by atoms with Gasteiger partial charge in [-0.1, -0.05) is 112 Å². The zero-order chi connectivity index (χ0) is 26.0. The molecule has 178 valence electrons. The smallest absolute Gasteiger partial charge is 0.0834 e.